The summed E-state index contributed by atoms with van der Waals surface area (Å²) in [5.74, 6) is -0.242. The molecule has 2 aromatic heterocycles. The zero-order chi connectivity index (χ0) is 21.8. The van der Waals surface area contributed by atoms with Crippen molar-refractivity contribution < 1.29 is 9.59 Å². The Balaban J connectivity index is 1.74. The minimum absolute atomic E-state index is 0.00204. The number of thiophene rings is 1. The third-order valence-electron chi connectivity index (χ3n) is 5.48. The molecule has 0 aliphatic carbocycles. The lowest BCUT2D eigenvalue weighted by Gasteiger charge is -2.27. The molecule has 4 rings (SSSR count). The van der Waals surface area contributed by atoms with Crippen LogP contribution < -0.4 is 5.32 Å². The molecule has 7 heteroatoms. The van der Waals surface area contributed by atoms with Gasteiger partial charge in [0, 0.05) is 24.2 Å². The maximum Gasteiger partial charge on any atom is 0.259 e. The minimum Gasteiger partial charge on any atom is -0.339 e. The van der Waals surface area contributed by atoms with E-state index in [0.29, 0.717) is 21.2 Å². The van der Waals surface area contributed by atoms with E-state index in [4.69, 9.17) is 0 Å². The van der Waals surface area contributed by atoms with Gasteiger partial charge in [0.25, 0.3) is 11.8 Å². The number of hydrogen-bond acceptors (Lipinski definition) is 5. The summed E-state index contributed by atoms with van der Waals surface area (Å²) in [7, 11) is 0. The van der Waals surface area contributed by atoms with Gasteiger partial charge in [-0.05, 0) is 55.7 Å². The van der Waals surface area contributed by atoms with E-state index in [2.05, 4.69) is 10.3 Å². The predicted octanol–water partition coefficient (Wildman–Crippen LogP) is 5.72. The zero-order valence-electron chi connectivity index (χ0n) is 17.7. The van der Waals surface area contributed by atoms with Gasteiger partial charge >= 0.3 is 0 Å². The average molecular weight is 452 g/mol. The first-order valence-corrected chi connectivity index (χ1v) is 12.4. The number of piperidine rings is 1. The molecule has 2 amide bonds. The summed E-state index contributed by atoms with van der Waals surface area (Å²) in [6.45, 7) is 3.51. The van der Waals surface area contributed by atoms with E-state index in [-0.39, 0.29) is 11.8 Å². The lowest BCUT2D eigenvalue weighted by molar-refractivity contribution is 0.0725. The van der Waals surface area contributed by atoms with Crippen molar-refractivity contribution >= 4 is 39.9 Å². The molecule has 0 unspecified atom stereocenters. The third-order valence-corrected chi connectivity index (χ3v) is 7.44. The van der Waals surface area contributed by atoms with Crippen LogP contribution in [0, 0.1) is 6.92 Å². The van der Waals surface area contributed by atoms with Crippen molar-refractivity contribution in [2.75, 3.05) is 24.7 Å². The summed E-state index contributed by atoms with van der Waals surface area (Å²) in [5.41, 5.74) is 3.08. The second kappa shape index (κ2) is 9.66. The number of amides is 2. The smallest absolute Gasteiger partial charge is 0.259 e. The van der Waals surface area contributed by atoms with Crippen molar-refractivity contribution in [1.29, 1.82) is 0 Å². The summed E-state index contributed by atoms with van der Waals surface area (Å²) in [5, 5.41) is 4.30. The van der Waals surface area contributed by atoms with Gasteiger partial charge in [0.05, 0.1) is 11.1 Å². The quantitative estimate of drug-likeness (QED) is 0.504. The van der Waals surface area contributed by atoms with Crippen molar-refractivity contribution in [2.45, 2.75) is 31.2 Å². The Kier molecular flexibility index (Phi) is 6.73. The average Bonchev–Trinajstić information content (AvgIpc) is 3.15. The molecule has 3 aromatic rings. The molecule has 31 heavy (non-hydrogen) atoms. The first-order chi connectivity index (χ1) is 15.1. The Hall–Kier alpha value is -2.64. The van der Waals surface area contributed by atoms with Crippen molar-refractivity contribution in [3.8, 4) is 10.4 Å². The Morgan fingerprint density at radius 1 is 1.06 bits per heavy atom. The highest BCUT2D eigenvalue weighted by Gasteiger charge is 2.28. The van der Waals surface area contributed by atoms with E-state index in [9.17, 15) is 9.59 Å². The molecule has 0 radical (unpaired) electrons. The highest BCUT2D eigenvalue weighted by Crippen LogP contribution is 2.41. The fraction of sp³-hybridized carbons (Fsp3) is 0.292. The number of carbonyl (C=O) groups excluding carboxylic acids is 2. The molecule has 160 valence electrons. The van der Waals surface area contributed by atoms with Crippen molar-refractivity contribution in [1.82, 2.24) is 9.88 Å². The van der Waals surface area contributed by atoms with Gasteiger partial charge in [-0.25, -0.2) is 4.98 Å². The molecule has 3 heterocycles. The second-order valence-electron chi connectivity index (χ2n) is 7.49. The normalized spacial score (nSPS) is 13.8. The van der Waals surface area contributed by atoms with Gasteiger partial charge in [-0.15, -0.1) is 23.1 Å². The van der Waals surface area contributed by atoms with Crippen LogP contribution in [0.4, 0.5) is 5.00 Å². The SMILES string of the molecule is CSc1ncccc1C(=O)Nc1sc(-c2ccccc2)c(C)c1C(=O)N1CCCCC1. The fourth-order valence-electron chi connectivity index (χ4n) is 3.88. The van der Waals surface area contributed by atoms with Gasteiger partial charge in [0.2, 0.25) is 0 Å². The maximum atomic E-state index is 13.5. The molecule has 1 N–H and O–H groups in total. The minimum atomic E-state index is -0.244. The van der Waals surface area contributed by atoms with Crippen LogP contribution in [0.3, 0.4) is 0 Å². The van der Waals surface area contributed by atoms with Crippen LogP contribution in [0.15, 0.2) is 53.7 Å². The molecule has 1 saturated heterocycles. The van der Waals surface area contributed by atoms with Crippen LogP contribution >= 0.6 is 23.1 Å². The largest absolute Gasteiger partial charge is 0.339 e. The highest BCUT2D eigenvalue weighted by molar-refractivity contribution is 7.98. The van der Waals surface area contributed by atoms with Gasteiger partial charge < -0.3 is 10.2 Å². The number of rotatable bonds is 5. The lowest BCUT2D eigenvalue weighted by atomic mass is 10.0. The molecular weight excluding hydrogens is 426 g/mol. The van der Waals surface area contributed by atoms with Crippen molar-refractivity contribution in [2.24, 2.45) is 0 Å². The van der Waals surface area contributed by atoms with Crippen LogP contribution in [0.1, 0.15) is 45.5 Å². The second-order valence-corrected chi connectivity index (χ2v) is 9.31. The number of aromatic nitrogens is 1. The zero-order valence-corrected chi connectivity index (χ0v) is 19.3. The number of nitrogens with zero attached hydrogens (tertiary/aromatic N) is 2. The fourth-order valence-corrected chi connectivity index (χ4v) is 5.62. The van der Waals surface area contributed by atoms with E-state index in [1.54, 1.807) is 18.3 Å². The molecule has 0 atom stereocenters. The summed E-state index contributed by atoms with van der Waals surface area (Å²) in [6, 6.07) is 13.5. The topological polar surface area (TPSA) is 62.3 Å². The van der Waals surface area contributed by atoms with Gasteiger partial charge in [-0.2, -0.15) is 0 Å². The lowest BCUT2D eigenvalue weighted by Crippen LogP contribution is -2.36. The van der Waals surface area contributed by atoms with E-state index in [0.717, 1.165) is 48.4 Å². The van der Waals surface area contributed by atoms with Crippen molar-refractivity contribution in [3.05, 3.63) is 65.4 Å². The van der Waals surface area contributed by atoms with Crippen LogP contribution in [0.2, 0.25) is 0 Å². The van der Waals surface area contributed by atoms with Crippen molar-refractivity contribution in [3.63, 3.8) is 0 Å². The molecule has 5 nitrogen and oxygen atoms in total. The van der Waals surface area contributed by atoms with Gasteiger partial charge in [0.1, 0.15) is 10.0 Å². The predicted molar refractivity (Wildman–Crippen MR) is 128 cm³/mol. The molecule has 1 fully saturated rings. The Morgan fingerprint density at radius 2 is 1.81 bits per heavy atom. The summed E-state index contributed by atoms with van der Waals surface area (Å²) in [4.78, 5) is 33.8. The van der Waals surface area contributed by atoms with E-state index in [1.165, 1.54) is 23.1 Å². The first kappa shape index (κ1) is 21.6. The molecule has 0 saturated carbocycles. The van der Waals surface area contributed by atoms with E-state index < -0.39 is 0 Å². The highest BCUT2D eigenvalue weighted by atomic mass is 32.2. The third kappa shape index (κ3) is 4.52. The summed E-state index contributed by atoms with van der Waals surface area (Å²) in [6.07, 6.45) is 6.78. The molecule has 0 bridgehead atoms. The first-order valence-electron chi connectivity index (χ1n) is 10.4. The number of anilines is 1. The van der Waals surface area contributed by atoms with Gasteiger partial charge in [-0.1, -0.05) is 30.3 Å². The molecule has 1 aliphatic rings. The van der Waals surface area contributed by atoms with E-state index in [1.807, 2.05) is 48.4 Å². The number of pyridine rings is 1. The van der Waals surface area contributed by atoms with Gasteiger partial charge in [0.15, 0.2) is 0 Å². The summed E-state index contributed by atoms with van der Waals surface area (Å²) < 4.78 is 0. The van der Waals surface area contributed by atoms with Crippen LogP contribution in [0.25, 0.3) is 10.4 Å². The number of likely N-dealkylation sites (tertiary alicyclic amines) is 1. The number of carbonyl (C=O) groups is 2. The summed E-state index contributed by atoms with van der Waals surface area (Å²) >= 11 is 2.89. The molecule has 1 aromatic carbocycles. The number of nitrogens with one attached hydrogen (secondary N) is 1. The molecular formula is C24H25N3O2S2. The standard InChI is InChI=1S/C24H25N3O2S2/c1-16-19(24(29)27-14-7-4-8-15-27)23(31-20(16)17-10-5-3-6-11-17)26-21(28)18-12-9-13-25-22(18)30-2/h3,5-6,9-13H,4,7-8,14-15H2,1-2H3,(H,26,28). The van der Waals surface area contributed by atoms with E-state index >= 15 is 0 Å². The molecule has 0 spiro atoms. The number of hydrogen-bond donors (Lipinski definition) is 1. The maximum absolute atomic E-state index is 13.5. The Bertz CT molecular complexity index is 1090. The van der Waals surface area contributed by atoms with Crippen LogP contribution in [-0.2, 0) is 0 Å². The Morgan fingerprint density at radius 3 is 2.52 bits per heavy atom. The number of thioether (sulfide) groups is 1. The van der Waals surface area contributed by atoms with Crippen LogP contribution in [0.5, 0.6) is 0 Å². The monoisotopic (exact) mass is 451 g/mol. The van der Waals surface area contributed by atoms with Crippen LogP contribution in [-0.4, -0.2) is 41.0 Å². The Labute approximate surface area is 190 Å². The number of benzene rings is 1. The van der Waals surface area contributed by atoms with Gasteiger partial charge in [-0.3, -0.25) is 9.59 Å². The molecule has 1 aliphatic heterocycles.